The monoisotopic (exact) mass is 264 g/mol. The molecule has 7 nitrogen and oxygen atoms in total. The van der Waals surface area contributed by atoms with Gasteiger partial charge in [0.1, 0.15) is 6.54 Å². The lowest BCUT2D eigenvalue weighted by atomic mass is 10.4. The van der Waals surface area contributed by atoms with Crippen molar-refractivity contribution in [2.45, 2.75) is 13.5 Å². The summed E-state index contributed by atoms with van der Waals surface area (Å²) in [5.74, 6) is -0.795. The quantitative estimate of drug-likeness (QED) is 0.791. The molecule has 2 heterocycles. The fourth-order valence-corrected chi connectivity index (χ4v) is 1.50. The van der Waals surface area contributed by atoms with Crippen molar-refractivity contribution in [3.8, 4) is 6.01 Å². The van der Waals surface area contributed by atoms with Gasteiger partial charge in [0, 0.05) is 7.05 Å². The van der Waals surface area contributed by atoms with E-state index in [-0.39, 0.29) is 11.8 Å². The van der Waals surface area contributed by atoms with Crippen LogP contribution in [0.15, 0.2) is 22.5 Å². The molecule has 2 aromatic heterocycles. The molecule has 100 valence electrons. The Morgan fingerprint density at radius 3 is 2.89 bits per heavy atom. The predicted octanol–water partition coefficient (Wildman–Crippen LogP) is 1.95. The first kappa shape index (κ1) is 13.1. The molecular weight excluding hydrogens is 251 g/mol. The Labute approximate surface area is 109 Å². The van der Waals surface area contributed by atoms with Crippen molar-refractivity contribution in [2.24, 2.45) is 17.3 Å². The number of aromatic nitrogens is 4. The Hall–Kier alpha value is -2.38. The molecule has 0 unspecified atom stereocenters. The SMILES string of the molecule is COc1ncc(F)c(N=NCc2cc(C)nn2C)n1. The van der Waals surface area contributed by atoms with Gasteiger partial charge in [0.2, 0.25) is 5.82 Å². The van der Waals surface area contributed by atoms with Gasteiger partial charge in [0.05, 0.1) is 24.7 Å². The van der Waals surface area contributed by atoms with Gasteiger partial charge in [-0.1, -0.05) is 0 Å². The number of azo groups is 1. The zero-order chi connectivity index (χ0) is 13.8. The summed E-state index contributed by atoms with van der Waals surface area (Å²) in [5, 5.41) is 11.8. The molecule has 0 aromatic carbocycles. The van der Waals surface area contributed by atoms with Crippen molar-refractivity contribution in [1.29, 1.82) is 0 Å². The van der Waals surface area contributed by atoms with Gasteiger partial charge in [-0.05, 0) is 13.0 Å². The minimum absolute atomic E-state index is 0.0479. The molecule has 0 aliphatic rings. The maximum atomic E-state index is 13.4. The van der Waals surface area contributed by atoms with Crippen LogP contribution in [0.5, 0.6) is 6.01 Å². The summed E-state index contributed by atoms with van der Waals surface area (Å²) in [5.41, 5.74) is 1.77. The second-order valence-corrected chi connectivity index (χ2v) is 3.83. The standard InChI is InChI=1S/C11H13FN6O/c1-7-4-8(18(2)17-7)5-14-16-10-9(12)6-13-11(15-10)19-3/h4,6H,5H2,1-3H3. The van der Waals surface area contributed by atoms with Crippen molar-refractivity contribution in [3.63, 3.8) is 0 Å². The summed E-state index contributed by atoms with van der Waals surface area (Å²) in [6.07, 6.45) is 0.994. The second kappa shape index (κ2) is 5.51. The highest BCUT2D eigenvalue weighted by Crippen LogP contribution is 2.17. The van der Waals surface area contributed by atoms with Crippen LogP contribution in [-0.2, 0) is 13.6 Å². The van der Waals surface area contributed by atoms with Gasteiger partial charge in [-0.3, -0.25) is 4.68 Å². The predicted molar refractivity (Wildman–Crippen MR) is 64.7 cm³/mol. The van der Waals surface area contributed by atoms with Crippen molar-refractivity contribution in [2.75, 3.05) is 7.11 Å². The number of halogens is 1. The summed E-state index contributed by atoms with van der Waals surface area (Å²) in [7, 11) is 3.21. The van der Waals surface area contributed by atoms with E-state index in [4.69, 9.17) is 4.74 Å². The Morgan fingerprint density at radius 1 is 1.47 bits per heavy atom. The third kappa shape index (κ3) is 3.09. The average Bonchev–Trinajstić information content (AvgIpc) is 2.70. The van der Waals surface area contributed by atoms with E-state index in [2.05, 4.69) is 25.3 Å². The maximum absolute atomic E-state index is 13.4. The Kier molecular flexibility index (Phi) is 3.79. The van der Waals surface area contributed by atoms with Gasteiger partial charge in [-0.2, -0.15) is 15.2 Å². The van der Waals surface area contributed by atoms with Crippen molar-refractivity contribution >= 4 is 5.82 Å². The van der Waals surface area contributed by atoms with E-state index in [1.54, 1.807) is 4.68 Å². The van der Waals surface area contributed by atoms with Crippen LogP contribution in [0.2, 0.25) is 0 Å². The lowest BCUT2D eigenvalue weighted by Gasteiger charge is -1.99. The first-order valence-corrected chi connectivity index (χ1v) is 5.53. The molecule has 0 atom stereocenters. The van der Waals surface area contributed by atoms with Crippen molar-refractivity contribution in [3.05, 3.63) is 29.5 Å². The van der Waals surface area contributed by atoms with Crippen LogP contribution in [0.25, 0.3) is 0 Å². The fraction of sp³-hybridized carbons (Fsp3) is 0.364. The summed E-state index contributed by atoms with van der Waals surface area (Å²) in [6.45, 7) is 2.18. The number of nitrogens with zero attached hydrogens (tertiary/aromatic N) is 6. The summed E-state index contributed by atoms with van der Waals surface area (Å²) >= 11 is 0. The Balaban J connectivity index is 2.12. The van der Waals surface area contributed by atoms with E-state index >= 15 is 0 Å². The smallest absolute Gasteiger partial charge is 0.318 e. The summed E-state index contributed by atoms with van der Waals surface area (Å²) < 4.78 is 19.9. The minimum atomic E-state index is -0.647. The fourth-order valence-electron chi connectivity index (χ4n) is 1.50. The molecule has 19 heavy (non-hydrogen) atoms. The zero-order valence-corrected chi connectivity index (χ0v) is 10.8. The molecule has 0 aliphatic heterocycles. The molecule has 2 rings (SSSR count). The lowest BCUT2D eigenvalue weighted by Crippen LogP contribution is -1.96. The van der Waals surface area contributed by atoms with Crippen LogP contribution in [0.3, 0.4) is 0 Å². The van der Waals surface area contributed by atoms with Gasteiger partial charge in [-0.25, -0.2) is 9.37 Å². The topological polar surface area (TPSA) is 77.5 Å². The molecule has 0 saturated heterocycles. The van der Waals surface area contributed by atoms with Gasteiger partial charge in [-0.15, -0.1) is 5.11 Å². The Bertz CT molecular complexity index is 609. The Morgan fingerprint density at radius 2 is 2.26 bits per heavy atom. The lowest BCUT2D eigenvalue weighted by molar-refractivity contribution is 0.377. The molecule has 0 bridgehead atoms. The van der Waals surface area contributed by atoms with E-state index in [1.165, 1.54) is 7.11 Å². The molecule has 8 heteroatoms. The van der Waals surface area contributed by atoms with Crippen LogP contribution in [0, 0.1) is 12.7 Å². The van der Waals surface area contributed by atoms with Crippen LogP contribution < -0.4 is 4.74 Å². The van der Waals surface area contributed by atoms with E-state index in [0.717, 1.165) is 17.6 Å². The average molecular weight is 264 g/mol. The highest BCUT2D eigenvalue weighted by molar-refractivity contribution is 5.27. The maximum Gasteiger partial charge on any atom is 0.318 e. The summed E-state index contributed by atoms with van der Waals surface area (Å²) in [4.78, 5) is 7.38. The molecule has 2 aromatic rings. The third-order valence-corrected chi connectivity index (χ3v) is 2.38. The van der Waals surface area contributed by atoms with E-state index < -0.39 is 5.82 Å². The number of hydrogen-bond acceptors (Lipinski definition) is 6. The van der Waals surface area contributed by atoms with Crippen LogP contribution >= 0.6 is 0 Å². The normalized spacial score (nSPS) is 11.2. The van der Waals surface area contributed by atoms with Gasteiger partial charge < -0.3 is 4.74 Å². The number of ether oxygens (including phenoxy) is 1. The minimum Gasteiger partial charge on any atom is -0.467 e. The number of hydrogen-bond donors (Lipinski definition) is 0. The molecule has 0 fully saturated rings. The van der Waals surface area contributed by atoms with E-state index in [1.807, 2.05) is 20.0 Å². The highest BCUT2D eigenvalue weighted by Gasteiger charge is 2.06. The summed E-state index contributed by atoms with van der Waals surface area (Å²) in [6, 6.07) is 1.93. The molecule has 0 saturated carbocycles. The molecular formula is C11H13FN6O. The largest absolute Gasteiger partial charge is 0.467 e. The third-order valence-electron chi connectivity index (χ3n) is 2.38. The van der Waals surface area contributed by atoms with Gasteiger partial charge >= 0.3 is 6.01 Å². The first-order valence-electron chi connectivity index (χ1n) is 5.53. The number of aryl methyl sites for hydroxylation is 2. The van der Waals surface area contributed by atoms with Gasteiger partial charge in [0.15, 0.2) is 5.82 Å². The molecule has 0 spiro atoms. The van der Waals surface area contributed by atoms with Crippen LogP contribution in [0.1, 0.15) is 11.4 Å². The van der Waals surface area contributed by atoms with Crippen LogP contribution in [0.4, 0.5) is 10.2 Å². The molecule has 0 amide bonds. The number of rotatable bonds is 4. The highest BCUT2D eigenvalue weighted by atomic mass is 19.1. The van der Waals surface area contributed by atoms with Crippen molar-refractivity contribution < 1.29 is 9.13 Å². The molecule has 0 aliphatic carbocycles. The van der Waals surface area contributed by atoms with E-state index in [0.29, 0.717) is 6.54 Å². The van der Waals surface area contributed by atoms with Crippen molar-refractivity contribution in [1.82, 2.24) is 19.7 Å². The zero-order valence-electron chi connectivity index (χ0n) is 10.8. The number of methoxy groups -OCH3 is 1. The first-order chi connectivity index (χ1) is 9.10. The molecule has 0 N–H and O–H groups in total. The van der Waals surface area contributed by atoms with Crippen LogP contribution in [-0.4, -0.2) is 26.9 Å². The molecule has 0 radical (unpaired) electrons. The second-order valence-electron chi connectivity index (χ2n) is 3.83. The van der Waals surface area contributed by atoms with Gasteiger partial charge in [0.25, 0.3) is 0 Å². The van der Waals surface area contributed by atoms with E-state index in [9.17, 15) is 4.39 Å².